The molecule has 0 aromatic carbocycles. The molecule has 0 aromatic rings. The van der Waals surface area contributed by atoms with Crippen LogP contribution in [0.3, 0.4) is 0 Å². The fraction of sp³-hybridized carbons (Fsp3) is 0.667. The van der Waals surface area contributed by atoms with Crippen molar-refractivity contribution < 1.29 is 19.8 Å². The summed E-state index contributed by atoms with van der Waals surface area (Å²) in [4.78, 5) is 22.3. The molecule has 0 aliphatic heterocycles. The third-order valence-electron chi connectivity index (χ3n) is 2.96. The standard InChI is InChI=1S/C12H20O4/c1-5-7(3)9(11(13)14)10(12(15)16)8(4)6-2/h7-8H,5-6H2,1-4H3,(H,13,14)(H,15,16). The van der Waals surface area contributed by atoms with Gasteiger partial charge in [0.05, 0.1) is 11.1 Å². The van der Waals surface area contributed by atoms with Gasteiger partial charge in [-0.1, -0.05) is 27.7 Å². The largest absolute Gasteiger partial charge is 0.478 e. The van der Waals surface area contributed by atoms with Crippen molar-refractivity contribution in [1.82, 2.24) is 0 Å². The predicted octanol–water partition coefficient (Wildman–Crippen LogP) is 2.54. The molecule has 2 atom stereocenters. The van der Waals surface area contributed by atoms with Gasteiger partial charge in [-0.15, -0.1) is 0 Å². The van der Waals surface area contributed by atoms with Crippen LogP contribution in [-0.4, -0.2) is 22.2 Å². The second kappa shape index (κ2) is 6.30. The third-order valence-corrected chi connectivity index (χ3v) is 2.96. The monoisotopic (exact) mass is 228 g/mol. The minimum absolute atomic E-state index is 0.0457. The number of rotatable bonds is 6. The summed E-state index contributed by atoms with van der Waals surface area (Å²) in [7, 11) is 0. The van der Waals surface area contributed by atoms with Crippen LogP contribution in [0, 0.1) is 11.8 Å². The zero-order chi connectivity index (χ0) is 12.9. The van der Waals surface area contributed by atoms with E-state index in [1.54, 1.807) is 13.8 Å². The van der Waals surface area contributed by atoms with E-state index in [1.165, 1.54) is 0 Å². The smallest absolute Gasteiger partial charge is 0.332 e. The van der Waals surface area contributed by atoms with Crippen LogP contribution in [0.5, 0.6) is 0 Å². The van der Waals surface area contributed by atoms with Crippen molar-refractivity contribution in [2.45, 2.75) is 40.5 Å². The van der Waals surface area contributed by atoms with E-state index in [9.17, 15) is 9.59 Å². The minimum Gasteiger partial charge on any atom is -0.478 e. The lowest BCUT2D eigenvalue weighted by Crippen LogP contribution is -2.20. The van der Waals surface area contributed by atoms with Gasteiger partial charge in [0.2, 0.25) is 0 Å². The molecule has 0 rings (SSSR count). The van der Waals surface area contributed by atoms with Gasteiger partial charge in [0.1, 0.15) is 0 Å². The van der Waals surface area contributed by atoms with Gasteiger partial charge in [0, 0.05) is 0 Å². The Labute approximate surface area is 96.0 Å². The summed E-state index contributed by atoms with van der Waals surface area (Å²) >= 11 is 0. The van der Waals surface area contributed by atoms with Crippen molar-refractivity contribution in [1.29, 1.82) is 0 Å². The molecule has 0 heterocycles. The van der Waals surface area contributed by atoms with E-state index in [0.717, 1.165) is 0 Å². The summed E-state index contributed by atoms with van der Waals surface area (Å²) in [6.07, 6.45) is 1.24. The van der Waals surface area contributed by atoms with Crippen LogP contribution in [0.15, 0.2) is 11.1 Å². The predicted molar refractivity (Wildman–Crippen MR) is 61.2 cm³/mol. The first-order chi connectivity index (χ1) is 7.36. The van der Waals surface area contributed by atoms with Crippen LogP contribution in [0.4, 0.5) is 0 Å². The van der Waals surface area contributed by atoms with Crippen LogP contribution in [0.2, 0.25) is 0 Å². The highest BCUT2D eigenvalue weighted by Gasteiger charge is 2.27. The van der Waals surface area contributed by atoms with Gasteiger partial charge >= 0.3 is 11.9 Å². The highest BCUT2D eigenvalue weighted by molar-refractivity contribution is 5.99. The van der Waals surface area contributed by atoms with Crippen LogP contribution in [-0.2, 0) is 9.59 Å². The first kappa shape index (κ1) is 14.7. The molecule has 0 aromatic heterocycles. The molecule has 4 heteroatoms. The highest BCUT2D eigenvalue weighted by atomic mass is 16.4. The number of aliphatic carboxylic acids is 2. The Kier molecular flexibility index (Phi) is 5.78. The fourth-order valence-electron chi connectivity index (χ4n) is 1.59. The molecule has 0 aliphatic carbocycles. The van der Waals surface area contributed by atoms with Crippen LogP contribution < -0.4 is 0 Å². The second-order valence-electron chi connectivity index (χ2n) is 4.06. The molecule has 16 heavy (non-hydrogen) atoms. The van der Waals surface area contributed by atoms with Gasteiger partial charge in [-0.2, -0.15) is 0 Å². The maximum atomic E-state index is 11.1. The summed E-state index contributed by atoms with van der Waals surface area (Å²) < 4.78 is 0. The van der Waals surface area contributed by atoms with E-state index in [4.69, 9.17) is 10.2 Å². The van der Waals surface area contributed by atoms with Crippen molar-refractivity contribution in [3.8, 4) is 0 Å². The van der Waals surface area contributed by atoms with Crippen molar-refractivity contribution >= 4 is 11.9 Å². The summed E-state index contributed by atoms with van der Waals surface area (Å²) in [5.74, 6) is -2.71. The Balaban J connectivity index is 5.63. The molecule has 0 amide bonds. The Morgan fingerprint density at radius 3 is 1.25 bits per heavy atom. The third kappa shape index (κ3) is 3.36. The molecule has 0 aliphatic rings. The Morgan fingerprint density at radius 1 is 0.875 bits per heavy atom. The van der Waals surface area contributed by atoms with Gasteiger partial charge in [-0.25, -0.2) is 9.59 Å². The van der Waals surface area contributed by atoms with Crippen LogP contribution >= 0.6 is 0 Å². The maximum Gasteiger partial charge on any atom is 0.332 e. The van der Waals surface area contributed by atoms with Crippen molar-refractivity contribution in [3.63, 3.8) is 0 Å². The molecule has 0 spiro atoms. The lowest BCUT2D eigenvalue weighted by molar-refractivity contribution is -0.136. The lowest BCUT2D eigenvalue weighted by atomic mass is 9.86. The lowest BCUT2D eigenvalue weighted by Gasteiger charge is -2.18. The number of carbonyl (C=O) groups is 2. The van der Waals surface area contributed by atoms with Crippen molar-refractivity contribution in [2.75, 3.05) is 0 Å². The molecule has 2 N–H and O–H groups in total. The van der Waals surface area contributed by atoms with E-state index in [-0.39, 0.29) is 23.0 Å². The highest BCUT2D eigenvalue weighted by Crippen LogP contribution is 2.26. The number of carboxylic acid groups (broad SMARTS) is 2. The molecule has 0 saturated heterocycles. The first-order valence-electron chi connectivity index (χ1n) is 5.57. The summed E-state index contributed by atoms with van der Waals surface area (Å²) in [6.45, 7) is 7.19. The average Bonchev–Trinajstić information content (AvgIpc) is 2.22. The summed E-state index contributed by atoms with van der Waals surface area (Å²) in [5.41, 5.74) is 0.0914. The molecule has 2 unspecified atom stereocenters. The molecule has 0 bridgehead atoms. The zero-order valence-electron chi connectivity index (χ0n) is 10.3. The Bertz CT molecular complexity index is 274. The van der Waals surface area contributed by atoms with Gasteiger partial charge in [-0.05, 0) is 24.7 Å². The van der Waals surface area contributed by atoms with E-state index in [2.05, 4.69) is 0 Å². The normalized spacial score (nSPS) is 16.2. The first-order valence-corrected chi connectivity index (χ1v) is 5.57. The van der Waals surface area contributed by atoms with Crippen LogP contribution in [0.25, 0.3) is 0 Å². The molecular formula is C12H20O4. The zero-order valence-corrected chi connectivity index (χ0v) is 10.3. The van der Waals surface area contributed by atoms with Crippen LogP contribution in [0.1, 0.15) is 40.5 Å². The fourth-order valence-corrected chi connectivity index (χ4v) is 1.59. The van der Waals surface area contributed by atoms with Gasteiger partial charge < -0.3 is 10.2 Å². The van der Waals surface area contributed by atoms with Gasteiger partial charge in [0.25, 0.3) is 0 Å². The van der Waals surface area contributed by atoms with Crippen molar-refractivity contribution in [2.24, 2.45) is 11.8 Å². The molecule has 0 radical (unpaired) electrons. The molecule has 92 valence electrons. The Morgan fingerprint density at radius 2 is 1.12 bits per heavy atom. The second-order valence-corrected chi connectivity index (χ2v) is 4.06. The molecular weight excluding hydrogens is 208 g/mol. The minimum atomic E-state index is -1.12. The molecule has 0 fully saturated rings. The van der Waals surface area contributed by atoms with Gasteiger partial charge in [0.15, 0.2) is 0 Å². The topological polar surface area (TPSA) is 74.6 Å². The van der Waals surface area contributed by atoms with Gasteiger partial charge in [-0.3, -0.25) is 0 Å². The number of hydrogen-bond acceptors (Lipinski definition) is 2. The number of hydrogen-bond donors (Lipinski definition) is 2. The summed E-state index contributed by atoms with van der Waals surface area (Å²) in [6, 6.07) is 0. The molecule has 4 nitrogen and oxygen atoms in total. The maximum absolute atomic E-state index is 11.1. The number of carboxylic acids is 2. The van der Waals surface area contributed by atoms with E-state index in [1.807, 2.05) is 13.8 Å². The van der Waals surface area contributed by atoms with E-state index >= 15 is 0 Å². The molecule has 0 saturated carbocycles. The SMILES string of the molecule is CCC(C)C(C(=O)O)=C(C(=O)O)C(C)CC. The van der Waals surface area contributed by atoms with E-state index < -0.39 is 11.9 Å². The van der Waals surface area contributed by atoms with E-state index in [0.29, 0.717) is 12.8 Å². The average molecular weight is 228 g/mol. The summed E-state index contributed by atoms with van der Waals surface area (Å²) in [5, 5.41) is 18.2. The Hall–Kier alpha value is -1.32. The van der Waals surface area contributed by atoms with Crippen molar-refractivity contribution in [3.05, 3.63) is 11.1 Å². The quantitative estimate of drug-likeness (QED) is 0.685.